The van der Waals surface area contributed by atoms with E-state index in [2.05, 4.69) is 4.98 Å². The molecule has 0 fully saturated rings. The minimum Gasteiger partial charge on any atom is -0.354 e. The first-order chi connectivity index (χ1) is 14.8. The molecule has 1 aromatic heterocycles. The number of nitrogens with one attached hydrogen (secondary N) is 1. The fourth-order valence-electron chi connectivity index (χ4n) is 3.86. The van der Waals surface area contributed by atoms with E-state index in [1.54, 1.807) is 6.07 Å². The molecule has 0 unspecified atom stereocenters. The molecule has 0 saturated carbocycles. The van der Waals surface area contributed by atoms with Crippen LogP contribution in [0.5, 0.6) is 0 Å². The Hall–Kier alpha value is -3.31. The van der Waals surface area contributed by atoms with Crippen LogP contribution in [0, 0.1) is 0 Å². The van der Waals surface area contributed by atoms with E-state index in [9.17, 15) is 13.2 Å². The highest BCUT2D eigenvalue weighted by Crippen LogP contribution is 2.42. The van der Waals surface area contributed by atoms with E-state index in [1.807, 2.05) is 79.7 Å². The quantitative estimate of drug-likeness (QED) is 0.365. The highest BCUT2D eigenvalue weighted by Gasteiger charge is 2.31. The van der Waals surface area contributed by atoms with Crippen LogP contribution in [0.3, 0.4) is 0 Å². The van der Waals surface area contributed by atoms with E-state index in [-0.39, 0.29) is 0 Å². The van der Waals surface area contributed by atoms with E-state index in [1.165, 1.54) is 12.1 Å². The van der Waals surface area contributed by atoms with Crippen molar-refractivity contribution in [2.45, 2.75) is 12.7 Å². The summed E-state index contributed by atoms with van der Waals surface area (Å²) in [6.45, 7) is 0.582. The Labute approximate surface area is 180 Å². The Kier molecular flexibility index (Phi) is 5.70. The van der Waals surface area contributed by atoms with Gasteiger partial charge in [0.2, 0.25) is 0 Å². The van der Waals surface area contributed by atoms with Crippen LogP contribution >= 0.6 is 0 Å². The first-order valence-electron chi connectivity index (χ1n) is 10.0. The zero-order chi connectivity index (χ0) is 22.0. The summed E-state index contributed by atoms with van der Waals surface area (Å²) in [4.78, 5) is 5.50. The maximum absolute atomic E-state index is 13.4. The van der Waals surface area contributed by atoms with Crippen LogP contribution in [0.1, 0.15) is 11.1 Å². The molecule has 0 atom stereocenters. The smallest absolute Gasteiger partial charge is 0.354 e. The molecule has 5 heteroatoms. The number of nitrogens with zero attached hydrogens (tertiary/aromatic N) is 1. The summed E-state index contributed by atoms with van der Waals surface area (Å²) in [5, 5.41) is 0. The normalized spacial score (nSPS) is 11.8. The summed E-state index contributed by atoms with van der Waals surface area (Å²) in [7, 11) is 3.92. The van der Waals surface area contributed by atoms with Gasteiger partial charge in [-0.1, -0.05) is 72.8 Å². The second-order valence-corrected chi connectivity index (χ2v) is 7.78. The number of benzene rings is 3. The van der Waals surface area contributed by atoms with Crippen molar-refractivity contribution in [1.82, 2.24) is 9.88 Å². The van der Waals surface area contributed by atoms with Crippen LogP contribution in [-0.2, 0) is 12.7 Å². The third-order valence-electron chi connectivity index (χ3n) is 5.18. The van der Waals surface area contributed by atoms with Gasteiger partial charge >= 0.3 is 6.18 Å². The first-order valence-corrected chi connectivity index (χ1v) is 10.0. The number of halogens is 3. The van der Waals surface area contributed by atoms with Crippen molar-refractivity contribution in [3.05, 3.63) is 96.1 Å². The van der Waals surface area contributed by atoms with Gasteiger partial charge in [0.25, 0.3) is 0 Å². The number of rotatable bonds is 5. The van der Waals surface area contributed by atoms with Gasteiger partial charge in [0.1, 0.15) is 0 Å². The van der Waals surface area contributed by atoms with Crippen molar-refractivity contribution in [2.75, 3.05) is 14.1 Å². The summed E-state index contributed by atoms with van der Waals surface area (Å²) in [5.74, 6) is 0. The standard InChI is InChI=1S/C26H23F3N2/c1-31(2)17-22-23(18-10-5-3-6-11-18)25(19-12-7-4-8-13-19)30-24(22)20-14-9-15-21(16-20)26(27,28)29/h3-16,30H,17H2,1-2H3. The predicted octanol–water partition coefficient (Wildman–Crippen LogP) is 7.10. The fraction of sp³-hybridized carbons (Fsp3) is 0.154. The summed E-state index contributed by atoms with van der Waals surface area (Å²) < 4.78 is 40.2. The van der Waals surface area contributed by atoms with E-state index in [0.29, 0.717) is 17.8 Å². The van der Waals surface area contributed by atoms with E-state index in [4.69, 9.17) is 0 Å². The van der Waals surface area contributed by atoms with Crippen LogP contribution in [0.25, 0.3) is 33.6 Å². The minimum absolute atomic E-state index is 0.519. The van der Waals surface area contributed by atoms with Gasteiger partial charge in [0.15, 0.2) is 0 Å². The maximum Gasteiger partial charge on any atom is 0.416 e. The third kappa shape index (κ3) is 4.42. The summed E-state index contributed by atoms with van der Waals surface area (Å²) in [6.07, 6.45) is -4.39. The Balaban J connectivity index is 2.01. The monoisotopic (exact) mass is 420 g/mol. The lowest BCUT2D eigenvalue weighted by Crippen LogP contribution is -2.12. The Morgan fingerprint density at radius 2 is 1.29 bits per heavy atom. The van der Waals surface area contributed by atoms with Gasteiger partial charge in [0.05, 0.1) is 17.0 Å². The second-order valence-electron chi connectivity index (χ2n) is 7.78. The van der Waals surface area contributed by atoms with E-state index in [0.717, 1.165) is 34.0 Å². The zero-order valence-corrected chi connectivity index (χ0v) is 17.4. The van der Waals surface area contributed by atoms with E-state index < -0.39 is 11.7 Å². The van der Waals surface area contributed by atoms with Gasteiger partial charge in [-0.2, -0.15) is 13.2 Å². The molecule has 0 aliphatic carbocycles. The van der Waals surface area contributed by atoms with Crippen molar-refractivity contribution in [3.8, 4) is 33.6 Å². The third-order valence-corrected chi connectivity index (χ3v) is 5.18. The maximum atomic E-state index is 13.4. The van der Waals surface area contributed by atoms with Crippen molar-refractivity contribution >= 4 is 0 Å². The van der Waals surface area contributed by atoms with Crippen LogP contribution < -0.4 is 0 Å². The molecule has 31 heavy (non-hydrogen) atoms. The molecule has 2 nitrogen and oxygen atoms in total. The lowest BCUT2D eigenvalue weighted by atomic mass is 9.95. The van der Waals surface area contributed by atoms with Crippen LogP contribution in [0.15, 0.2) is 84.9 Å². The largest absolute Gasteiger partial charge is 0.416 e. The lowest BCUT2D eigenvalue weighted by molar-refractivity contribution is -0.137. The summed E-state index contributed by atoms with van der Waals surface area (Å²) >= 11 is 0. The summed E-state index contributed by atoms with van der Waals surface area (Å²) in [5.41, 5.74) is 5.45. The second kappa shape index (κ2) is 8.44. The molecule has 3 aromatic carbocycles. The molecule has 0 aliphatic rings. The molecule has 0 spiro atoms. The number of hydrogen-bond donors (Lipinski definition) is 1. The average molecular weight is 420 g/mol. The van der Waals surface area contributed by atoms with Gasteiger partial charge in [-0.05, 0) is 42.9 Å². The van der Waals surface area contributed by atoms with Gasteiger partial charge in [0, 0.05) is 17.7 Å². The highest BCUT2D eigenvalue weighted by atomic mass is 19.4. The molecule has 1 N–H and O–H groups in total. The van der Waals surface area contributed by atoms with Crippen molar-refractivity contribution in [1.29, 1.82) is 0 Å². The van der Waals surface area contributed by atoms with Gasteiger partial charge in [-0.15, -0.1) is 0 Å². The molecule has 0 saturated heterocycles. The van der Waals surface area contributed by atoms with Crippen LogP contribution in [0.4, 0.5) is 13.2 Å². The highest BCUT2D eigenvalue weighted by molar-refractivity contribution is 5.89. The molecular weight excluding hydrogens is 397 g/mol. The SMILES string of the molecule is CN(C)Cc1c(-c2cccc(C(F)(F)F)c2)[nH]c(-c2ccccc2)c1-c1ccccc1. The zero-order valence-electron chi connectivity index (χ0n) is 17.4. The molecule has 4 rings (SSSR count). The number of H-pyrrole nitrogens is 1. The Bertz CT molecular complexity index is 1160. The number of hydrogen-bond acceptors (Lipinski definition) is 1. The lowest BCUT2D eigenvalue weighted by Gasteiger charge is -2.15. The number of aromatic nitrogens is 1. The topological polar surface area (TPSA) is 19.0 Å². The molecule has 1 heterocycles. The molecule has 158 valence electrons. The fourth-order valence-corrected chi connectivity index (χ4v) is 3.86. The average Bonchev–Trinajstić information content (AvgIpc) is 3.13. The van der Waals surface area contributed by atoms with Crippen molar-refractivity contribution < 1.29 is 13.2 Å². The van der Waals surface area contributed by atoms with Crippen LogP contribution in [-0.4, -0.2) is 24.0 Å². The molecular formula is C26H23F3N2. The van der Waals surface area contributed by atoms with Crippen LogP contribution in [0.2, 0.25) is 0 Å². The molecule has 0 amide bonds. The van der Waals surface area contributed by atoms with Crippen molar-refractivity contribution in [3.63, 3.8) is 0 Å². The minimum atomic E-state index is -4.39. The van der Waals surface area contributed by atoms with E-state index >= 15 is 0 Å². The predicted molar refractivity (Wildman–Crippen MR) is 119 cm³/mol. The molecule has 4 aromatic rings. The summed E-state index contributed by atoms with van der Waals surface area (Å²) in [6, 6.07) is 25.4. The molecule has 0 bridgehead atoms. The number of aromatic amines is 1. The van der Waals surface area contributed by atoms with Gasteiger partial charge in [-0.25, -0.2) is 0 Å². The molecule has 0 aliphatic heterocycles. The molecule has 0 radical (unpaired) electrons. The van der Waals surface area contributed by atoms with Gasteiger partial charge in [-0.3, -0.25) is 0 Å². The van der Waals surface area contributed by atoms with Gasteiger partial charge < -0.3 is 9.88 Å². The first kappa shape index (κ1) is 20.9. The van der Waals surface area contributed by atoms with Crippen molar-refractivity contribution in [2.24, 2.45) is 0 Å². The Morgan fingerprint density at radius 1 is 0.710 bits per heavy atom. The Morgan fingerprint density at radius 3 is 1.87 bits per heavy atom. The number of alkyl halides is 3.